The summed E-state index contributed by atoms with van der Waals surface area (Å²) >= 11 is 0. The number of carbonyl (C=O) groups is 2. The van der Waals surface area contributed by atoms with Crippen LogP contribution in [0.25, 0.3) is 0 Å². The summed E-state index contributed by atoms with van der Waals surface area (Å²) in [6, 6.07) is 4.84. The summed E-state index contributed by atoms with van der Waals surface area (Å²) in [6.45, 7) is 0. The Morgan fingerprint density at radius 2 is 1.76 bits per heavy atom. The third-order valence-electron chi connectivity index (χ3n) is 3.73. The van der Waals surface area contributed by atoms with Gasteiger partial charge in [0.25, 0.3) is 5.91 Å². The molecular weight excluding hydrogens is 274 g/mol. The molecule has 21 heavy (non-hydrogen) atoms. The van der Waals surface area contributed by atoms with E-state index in [1.54, 1.807) is 18.2 Å². The molecule has 0 unspecified atom stereocenters. The first kappa shape index (κ1) is 15.2. The van der Waals surface area contributed by atoms with Crippen LogP contribution in [0.2, 0.25) is 0 Å². The Hall–Kier alpha value is -2.24. The standard InChI is InChI=1S/C15H19NO5/c1-20-12-6-10(7-13(8-12)21-2)14(17)16-11-4-3-9(5-11)15(18)19/h6-9,11H,3-5H2,1-2H3,(H,16,17)(H,18,19)/t9-,11+/m0/s1. The van der Waals surface area contributed by atoms with Crippen LogP contribution in [0.3, 0.4) is 0 Å². The molecule has 6 nitrogen and oxygen atoms in total. The minimum atomic E-state index is -0.796. The Kier molecular flexibility index (Phi) is 4.67. The van der Waals surface area contributed by atoms with Gasteiger partial charge in [0.2, 0.25) is 0 Å². The van der Waals surface area contributed by atoms with E-state index in [0.717, 1.165) is 0 Å². The summed E-state index contributed by atoms with van der Waals surface area (Å²) in [5.41, 5.74) is 0.435. The third kappa shape index (κ3) is 3.65. The highest BCUT2D eigenvalue weighted by atomic mass is 16.5. The van der Waals surface area contributed by atoms with Gasteiger partial charge in [-0.05, 0) is 31.4 Å². The van der Waals surface area contributed by atoms with Gasteiger partial charge < -0.3 is 19.9 Å². The second-order valence-corrected chi connectivity index (χ2v) is 5.12. The maximum atomic E-state index is 12.2. The molecule has 0 bridgehead atoms. The van der Waals surface area contributed by atoms with Crippen molar-refractivity contribution >= 4 is 11.9 Å². The van der Waals surface area contributed by atoms with E-state index in [4.69, 9.17) is 14.6 Å². The van der Waals surface area contributed by atoms with Gasteiger partial charge in [-0.3, -0.25) is 9.59 Å². The number of carboxylic acids is 1. The van der Waals surface area contributed by atoms with Gasteiger partial charge in [-0.1, -0.05) is 0 Å². The molecule has 2 atom stereocenters. The van der Waals surface area contributed by atoms with Gasteiger partial charge in [0, 0.05) is 17.7 Å². The van der Waals surface area contributed by atoms with Crippen molar-refractivity contribution in [3.05, 3.63) is 23.8 Å². The van der Waals surface area contributed by atoms with Crippen LogP contribution < -0.4 is 14.8 Å². The fourth-order valence-corrected chi connectivity index (χ4v) is 2.54. The SMILES string of the molecule is COc1cc(OC)cc(C(=O)N[C@@H]2CC[C@H](C(=O)O)C2)c1. The fourth-order valence-electron chi connectivity index (χ4n) is 2.54. The number of rotatable bonds is 5. The van der Waals surface area contributed by atoms with Crippen molar-refractivity contribution < 1.29 is 24.2 Å². The van der Waals surface area contributed by atoms with E-state index < -0.39 is 5.97 Å². The molecule has 2 N–H and O–H groups in total. The molecule has 1 aromatic carbocycles. The van der Waals surface area contributed by atoms with Gasteiger partial charge in [-0.2, -0.15) is 0 Å². The number of aliphatic carboxylic acids is 1. The Labute approximate surface area is 123 Å². The van der Waals surface area contributed by atoms with Crippen LogP contribution in [0, 0.1) is 5.92 Å². The van der Waals surface area contributed by atoms with Gasteiger partial charge >= 0.3 is 5.97 Å². The largest absolute Gasteiger partial charge is 0.497 e. The summed E-state index contributed by atoms with van der Waals surface area (Å²) in [5, 5.41) is 11.8. The van der Waals surface area contributed by atoms with Crippen LogP contribution in [-0.4, -0.2) is 37.2 Å². The third-order valence-corrected chi connectivity index (χ3v) is 3.73. The normalized spacial score (nSPS) is 20.9. The predicted molar refractivity (Wildman–Crippen MR) is 75.8 cm³/mol. The molecule has 0 spiro atoms. The van der Waals surface area contributed by atoms with Gasteiger partial charge in [0.1, 0.15) is 11.5 Å². The average Bonchev–Trinajstić information content (AvgIpc) is 2.95. The molecule has 0 heterocycles. The molecule has 1 amide bonds. The molecule has 0 aliphatic heterocycles. The monoisotopic (exact) mass is 293 g/mol. The molecule has 0 aromatic heterocycles. The molecule has 1 saturated carbocycles. The van der Waals surface area contributed by atoms with E-state index in [1.165, 1.54) is 14.2 Å². The lowest BCUT2D eigenvalue weighted by Crippen LogP contribution is -2.33. The van der Waals surface area contributed by atoms with Crippen LogP contribution in [0.4, 0.5) is 0 Å². The van der Waals surface area contributed by atoms with Crippen molar-refractivity contribution in [2.75, 3.05) is 14.2 Å². The van der Waals surface area contributed by atoms with Crippen molar-refractivity contribution in [3.63, 3.8) is 0 Å². The topological polar surface area (TPSA) is 84.9 Å². The predicted octanol–water partition coefficient (Wildman–Crippen LogP) is 1.69. The highest BCUT2D eigenvalue weighted by Gasteiger charge is 2.30. The lowest BCUT2D eigenvalue weighted by molar-refractivity contribution is -0.141. The number of benzene rings is 1. The zero-order valence-corrected chi connectivity index (χ0v) is 12.1. The molecule has 1 aliphatic rings. The molecule has 0 radical (unpaired) electrons. The first-order chi connectivity index (χ1) is 10.0. The van der Waals surface area contributed by atoms with E-state index in [2.05, 4.69) is 5.32 Å². The fraction of sp³-hybridized carbons (Fsp3) is 0.467. The minimum absolute atomic E-state index is 0.101. The van der Waals surface area contributed by atoms with Crippen molar-refractivity contribution in [1.29, 1.82) is 0 Å². The Balaban J connectivity index is 2.05. The number of amides is 1. The van der Waals surface area contributed by atoms with Crippen LogP contribution in [0.1, 0.15) is 29.6 Å². The molecule has 0 saturated heterocycles. The zero-order valence-electron chi connectivity index (χ0n) is 12.1. The second-order valence-electron chi connectivity index (χ2n) is 5.12. The maximum absolute atomic E-state index is 12.2. The average molecular weight is 293 g/mol. The van der Waals surface area contributed by atoms with Gasteiger partial charge in [0.05, 0.1) is 20.1 Å². The van der Waals surface area contributed by atoms with E-state index >= 15 is 0 Å². The molecule has 6 heteroatoms. The van der Waals surface area contributed by atoms with E-state index in [0.29, 0.717) is 36.3 Å². The highest BCUT2D eigenvalue weighted by molar-refractivity contribution is 5.95. The first-order valence-corrected chi connectivity index (χ1v) is 6.80. The number of nitrogens with one attached hydrogen (secondary N) is 1. The van der Waals surface area contributed by atoms with Crippen LogP contribution >= 0.6 is 0 Å². The van der Waals surface area contributed by atoms with E-state index in [1.807, 2.05) is 0 Å². The van der Waals surface area contributed by atoms with Crippen molar-refractivity contribution in [1.82, 2.24) is 5.32 Å². The number of ether oxygens (including phenoxy) is 2. The number of carbonyl (C=O) groups excluding carboxylic acids is 1. The molecule has 2 rings (SSSR count). The highest BCUT2D eigenvalue weighted by Crippen LogP contribution is 2.27. The molecule has 1 aromatic rings. The quantitative estimate of drug-likeness (QED) is 0.863. The molecule has 1 aliphatic carbocycles. The summed E-state index contributed by atoms with van der Waals surface area (Å²) in [6.07, 6.45) is 1.76. The first-order valence-electron chi connectivity index (χ1n) is 6.80. The lowest BCUT2D eigenvalue weighted by atomic mass is 10.1. The summed E-state index contributed by atoms with van der Waals surface area (Å²) in [5.74, 6) is -0.336. The van der Waals surface area contributed by atoms with E-state index in [9.17, 15) is 9.59 Å². The number of carboxylic acid groups (broad SMARTS) is 1. The van der Waals surface area contributed by atoms with Crippen LogP contribution in [0.5, 0.6) is 11.5 Å². The number of hydrogen-bond acceptors (Lipinski definition) is 4. The van der Waals surface area contributed by atoms with E-state index in [-0.39, 0.29) is 17.9 Å². The Morgan fingerprint density at radius 3 is 2.24 bits per heavy atom. The van der Waals surface area contributed by atoms with Gasteiger partial charge in [0.15, 0.2) is 0 Å². The zero-order chi connectivity index (χ0) is 15.4. The van der Waals surface area contributed by atoms with Gasteiger partial charge in [-0.15, -0.1) is 0 Å². The van der Waals surface area contributed by atoms with Crippen molar-refractivity contribution in [2.24, 2.45) is 5.92 Å². The van der Waals surface area contributed by atoms with Crippen molar-refractivity contribution in [3.8, 4) is 11.5 Å². The second kappa shape index (κ2) is 6.47. The number of hydrogen-bond donors (Lipinski definition) is 2. The Morgan fingerprint density at radius 1 is 1.14 bits per heavy atom. The summed E-state index contributed by atoms with van der Waals surface area (Å²) in [7, 11) is 3.04. The lowest BCUT2D eigenvalue weighted by Gasteiger charge is -2.14. The van der Waals surface area contributed by atoms with Crippen LogP contribution in [-0.2, 0) is 4.79 Å². The summed E-state index contributed by atoms with van der Waals surface area (Å²) in [4.78, 5) is 23.2. The van der Waals surface area contributed by atoms with Crippen LogP contribution in [0.15, 0.2) is 18.2 Å². The van der Waals surface area contributed by atoms with Gasteiger partial charge in [-0.25, -0.2) is 0 Å². The Bertz CT molecular complexity index is 521. The van der Waals surface area contributed by atoms with Crippen molar-refractivity contribution in [2.45, 2.75) is 25.3 Å². The smallest absolute Gasteiger partial charge is 0.306 e. The molecular formula is C15H19NO5. The molecule has 1 fully saturated rings. The number of methoxy groups -OCH3 is 2. The summed E-state index contributed by atoms with van der Waals surface area (Å²) < 4.78 is 10.3. The minimum Gasteiger partial charge on any atom is -0.497 e. The molecule has 114 valence electrons. The maximum Gasteiger partial charge on any atom is 0.306 e.